The van der Waals surface area contributed by atoms with Crippen molar-refractivity contribution in [1.29, 1.82) is 0 Å². The molecular weight excluding hydrogens is 432 g/mol. The number of nitrogens with one attached hydrogen (secondary N) is 1. The van der Waals surface area contributed by atoms with E-state index in [-0.39, 0.29) is 0 Å². The van der Waals surface area contributed by atoms with Crippen LogP contribution in [0.4, 0.5) is 11.5 Å². The van der Waals surface area contributed by atoms with Gasteiger partial charge in [-0.3, -0.25) is 4.98 Å². The van der Waals surface area contributed by atoms with E-state index >= 15 is 0 Å². The minimum atomic E-state index is -1.31. The molecule has 0 amide bonds. The summed E-state index contributed by atoms with van der Waals surface area (Å²) in [7, 11) is 0. The number of pyridine rings is 1. The summed E-state index contributed by atoms with van der Waals surface area (Å²) in [5.41, 5.74) is 4.38. The van der Waals surface area contributed by atoms with Crippen LogP contribution in [0.1, 0.15) is 29.2 Å². The molecule has 2 N–H and O–H groups in total. The molecule has 1 atom stereocenters. The maximum Gasteiger partial charge on any atom is 0.150 e. The summed E-state index contributed by atoms with van der Waals surface area (Å²) < 4.78 is 0. The lowest BCUT2D eigenvalue weighted by molar-refractivity contribution is 0.122. The summed E-state index contributed by atoms with van der Waals surface area (Å²) in [6, 6.07) is 28.1. The molecule has 0 fully saturated rings. The first kappa shape index (κ1) is 22.3. The van der Waals surface area contributed by atoms with Gasteiger partial charge in [0, 0.05) is 34.6 Å². The number of hydrogen-bond acceptors (Lipinski definition) is 5. The van der Waals surface area contributed by atoms with Crippen LogP contribution in [0.2, 0.25) is 0 Å². The van der Waals surface area contributed by atoms with E-state index < -0.39 is 5.60 Å². The summed E-state index contributed by atoms with van der Waals surface area (Å²) in [5.74, 6) is 6.74. The molecule has 2 aromatic heterocycles. The zero-order valence-electron chi connectivity index (χ0n) is 19.3. The van der Waals surface area contributed by atoms with Crippen molar-refractivity contribution in [3.8, 4) is 11.8 Å². The number of nitrogens with zero attached hydrogens (tertiary/aromatic N) is 3. The van der Waals surface area contributed by atoms with E-state index in [4.69, 9.17) is 0 Å². The van der Waals surface area contributed by atoms with Gasteiger partial charge in [-0.1, -0.05) is 60.4 Å². The summed E-state index contributed by atoms with van der Waals surface area (Å²) in [4.78, 5) is 12.9. The second-order valence-electron chi connectivity index (χ2n) is 8.50. The van der Waals surface area contributed by atoms with Crippen molar-refractivity contribution < 1.29 is 5.11 Å². The van der Waals surface area contributed by atoms with Crippen LogP contribution in [0.15, 0.2) is 104 Å². The van der Waals surface area contributed by atoms with Gasteiger partial charge in [0.2, 0.25) is 0 Å². The van der Waals surface area contributed by atoms with Gasteiger partial charge in [-0.25, -0.2) is 9.97 Å². The third-order valence-corrected chi connectivity index (χ3v) is 5.78. The third kappa shape index (κ3) is 5.35. The zero-order chi connectivity index (χ0) is 24.1. The molecule has 35 heavy (non-hydrogen) atoms. The van der Waals surface area contributed by atoms with Crippen molar-refractivity contribution in [1.82, 2.24) is 15.0 Å². The van der Waals surface area contributed by atoms with Crippen molar-refractivity contribution in [3.63, 3.8) is 0 Å². The van der Waals surface area contributed by atoms with Crippen LogP contribution in [0.25, 0.3) is 10.9 Å². The van der Waals surface area contributed by atoms with Gasteiger partial charge in [0.05, 0.1) is 5.52 Å². The summed E-state index contributed by atoms with van der Waals surface area (Å²) in [6.07, 6.45) is 5.73. The Labute approximate surface area is 204 Å². The number of aliphatic hydroxyl groups is 1. The molecule has 0 saturated heterocycles. The summed E-state index contributed by atoms with van der Waals surface area (Å²) in [5, 5.41) is 15.0. The SMILES string of the molecule is CC(O)(C#Cc1ccc2ncnc(Nc3ccc(Cc4ccccc4)cc3)c2c1)c1cccnc1. The maximum atomic E-state index is 10.8. The second-order valence-corrected chi connectivity index (χ2v) is 8.50. The zero-order valence-corrected chi connectivity index (χ0v) is 19.3. The van der Waals surface area contributed by atoms with Gasteiger partial charge < -0.3 is 10.4 Å². The fraction of sp³-hybridized carbons (Fsp3) is 0.100. The minimum Gasteiger partial charge on any atom is -0.374 e. The molecule has 3 aromatic carbocycles. The fourth-order valence-corrected chi connectivity index (χ4v) is 3.82. The number of anilines is 2. The molecule has 2 heterocycles. The molecule has 5 rings (SSSR count). The van der Waals surface area contributed by atoms with Gasteiger partial charge in [0.15, 0.2) is 0 Å². The Morgan fingerprint density at radius 1 is 0.886 bits per heavy atom. The molecular formula is C30H24N4O. The highest BCUT2D eigenvalue weighted by atomic mass is 16.3. The average molecular weight is 457 g/mol. The number of fused-ring (bicyclic) bond motifs is 1. The predicted octanol–water partition coefficient (Wildman–Crippen LogP) is 5.62. The Bertz CT molecular complexity index is 1500. The molecule has 5 heteroatoms. The molecule has 5 nitrogen and oxygen atoms in total. The highest BCUT2D eigenvalue weighted by Crippen LogP contribution is 2.25. The lowest BCUT2D eigenvalue weighted by Gasteiger charge is -2.15. The van der Waals surface area contributed by atoms with Gasteiger partial charge in [0.1, 0.15) is 17.7 Å². The quantitative estimate of drug-likeness (QED) is 0.336. The molecule has 170 valence electrons. The Hall–Kier alpha value is -4.53. The van der Waals surface area contributed by atoms with E-state index in [9.17, 15) is 5.11 Å². The highest BCUT2D eigenvalue weighted by molar-refractivity contribution is 5.91. The molecule has 0 aliphatic carbocycles. The first-order valence-electron chi connectivity index (χ1n) is 11.4. The number of rotatable bonds is 5. The lowest BCUT2D eigenvalue weighted by atomic mass is 9.98. The molecule has 0 aliphatic rings. The Balaban J connectivity index is 1.38. The largest absolute Gasteiger partial charge is 0.374 e. The van der Waals surface area contributed by atoms with Crippen LogP contribution in [0.5, 0.6) is 0 Å². The molecule has 0 spiro atoms. The Morgan fingerprint density at radius 3 is 2.46 bits per heavy atom. The fourth-order valence-electron chi connectivity index (χ4n) is 3.82. The third-order valence-electron chi connectivity index (χ3n) is 5.78. The molecule has 0 aliphatic heterocycles. The van der Waals surface area contributed by atoms with E-state index in [0.29, 0.717) is 11.4 Å². The van der Waals surface area contributed by atoms with Crippen molar-refractivity contribution in [3.05, 3.63) is 126 Å². The Morgan fingerprint density at radius 2 is 1.69 bits per heavy atom. The van der Waals surface area contributed by atoms with Crippen molar-refractivity contribution in [2.75, 3.05) is 5.32 Å². The normalized spacial score (nSPS) is 12.4. The first-order chi connectivity index (χ1) is 17.1. The van der Waals surface area contributed by atoms with E-state index in [1.807, 2.05) is 30.3 Å². The molecule has 0 bridgehead atoms. The molecule has 5 aromatic rings. The number of hydrogen-bond donors (Lipinski definition) is 2. The minimum absolute atomic E-state index is 0.648. The predicted molar refractivity (Wildman–Crippen MR) is 139 cm³/mol. The topological polar surface area (TPSA) is 70.9 Å². The summed E-state index contributed by atoms with van der Waals surface area (Å²) in [6.45, 7) is 1.66. The van der Waals surface area contributed by atoms with Crippen LogP contribution in [-0.4, -0.2) is 20.1 Å². The molecule has 0 saturated carbocycles. The lowest BCUT2D eigenvalue weighted by Crippen LogP contribution is -2.18. The summed E-state index contributed by atoms with van der Waals surface area (Å²) >= 11 is 0. The van der Waals surface area contributed by atoms with Crippen LogP contribution in [0, 0.1) is 11.8 Å². The van der Waals surface area contributed by atoms with E-state index in [0.717, 1.165) is 28.6 Å². The van der Waals surface area contributed by atoms with Crippen molar-refractivity contribution >= 4 is 22.4 Å². The van der Waals surface area contributed by atoms with E-state index in [1.54, 1.807) is 31.7 Å². The van der Waals surface area contributed by atoms with Gasteiger partial charge in [0.25, 0.3) is 0 Å². The standard InChI is InChI=1S/C30H24N4O/c1-30(35,25-8-5-17-31-20-25)16-15-24-11-14-28-27(19-24)29(33-21-32-28)34-26-12-9-23(10-13-26)18-22-6-3-2-4-7-22/h2-14,17,19-21,35H,18H2,1H3,(H,32,33,34). The van der Waals surface area contributed by atoms with Crippen LogP contribution < -0.4 is 5.32 Å². The second kappa shape index (κ2) is 9.76. The first-order valence-corrected chi connectivity index (χ1v) is 11.4. The average Bonchev–Trinajstić information content (AvgIpc) is 2.90. The van der Waals surface area contributed by atoms with Crippen molar-refractivity contribution in [2.24, 2.45) is 0 Å². The van der Waals surface area contributed by atoms with Crippen LogP contribution in [-0.2, 0) is 12.0 Å². The van der Waals surface area contributed by atoms with Crippen molar-refractivity contribution in [2.45, 2.75) is 18.9 Å². The Kier molecular flexibility index (Phi) is 6.21. The maximum absolute atomic E-state index is 10.8. The van der Waals surface area contributed by atoms with Gasteiger partial charge in [-0.05, 0) is 60.9 Å². The molecule has 0 radical (unpaired) electrons. The van der Waals surface area contributed by atoms with Gasteiger partial charge in [-0.15, -0.1) is 0 Å². The monoisotopic (exact) mass is 456 g/mol. The van der Waals surface area contributed by atoms with Gasteiger partial charge in [-0.2, -0.15) is 0 Å². The number of aromatic nitrogens is 3. The van der Waals surface area contributed by atoms with Gasteiger partial charge >= 0.3 is 0 Å². The van der Waals surface area contributed by atoms with Crippen LogP contribution >= 0.6 is 0 Å². The number of benzene rings is 3. The van der Waals surface area contributed by atoms with E-state index in [1.165, 1.54) is 11.1 Å². The molecule has 1 unspecified atom stereocenters. The van der Waals surface area contributed by atoms with E-state index in [2.05, 4.69) is 80.6 Å². The highest BCUT2D eigenvalue weighted by Gasteiger charge is 2.19. The van der Waals surface area contributed by atoms with Crippen LogP contribution in [0.3, 0.4) is 0 Å². The smallest absolute Gasteiger partial charge is 0.150 e.